The van der Waals surface area contributed by atoms with Crippen LogP contribution in [0.4, 0.5) is 8.78 Å². The van der Waals surface area contributed by atoms with Crippen LogP contribution in [0.15, 0.2) is 36.4 Å². The van der Waals surface area contributed by atoms with Gasteiger partial charge in [0.05, 0.1) is 0 Å². The summed E-state index contributed by atoms with van der Waals surface area (Å²) in [6, 6.07) is 10.9. The number of halogens is 4. The standard InChI is InChI=1S/C16H10F2I2O5S/c17-16(18,26(22,23)24)7-25-15(21)14-12-5-8(19)1-3-10(12)11-4-2-9(20)6-13(11)14/h1-6,14H,7H2,(H,22,23,24). The average Bonchev–Trinajstić information content (AvgIpc) is 2.84. The molecule has 0 heterocycles. The van der Waals surface area contributed by atoms with Crippen molar-refractivity contribution in [3.8, 4) is 11.1 Å². The Balaban J connectivity index is 1.98. The van der Waals surface area contributed by atoms with Gasteiger partial charge in [-0.1, -0.05) is 12.1 Å². The van der Waals surface area contributed by atoms with Crippen molar-refractivity contribution in [3.63, 3.8) is 0 Å². The summed E-state index contributed by atoms with van der Waals surface area (Å²) in [7, 11) is -5.67. The van der Waals surface area contributed by atoms with Gasteiger partial charge >= 0.3 is 21.3 Å². The third kappa shape index (κ3) is 3.60. The SMILES string of the molecule is O=C(OCC(F)(F)S(=O)(=O)O)C1c2cc(I)ccc2-c2ccc(I)cc21. The molecule has 2 aromatic rings. The third-order valence-electron chi connectivity index (χ3n) is 3.93. The Morgan fingerprint density at radius 3 is 1.96 bits per heavy atom. The predicted octanol–water partition coefficient (Wildman–Crippen LogP) is 4.03. The number of hydrogen-bond donors (Lipinski definition) is 1. The van der Waals surface area contributed by atoms with Gasteiger partial charge in [0.15, 0.2) is 6.61 Å². The normalized spacial score (nSPS) is 14.0. The van der Waals surface area contributed by atoms with E-state index >= 15 is 0 Å². The Morgan fingerprint density at radius 1 is 1.08 bits per heavy atom. The number of alkyl halides is 2. The molecule has 10 heteroatoms. The fraction of sp³-hybridized carbons (Fsp3) is 0.188. The third-order valence-corrected chi connectivity index (χ3v) is 6.15. The van der Waals surface area contributed by atoms with Crippen LogP contribution in [0.1, 0.15) is 17.0 Å². The lowest BCUT2D eigenvalue weighted by Gasteiger charge is -2.17. The smallest absolute Gasteiger partial charge is 0.402 e. The molecule has 2 aromatic carbocycles. The van der Waals surface area contributed by atoms with Gasteiger partial charge in [-0.2, -0.15) is 17.2 Å². The molecule has 0 saturated heterocycles. The highest BCUT2D eigenvalue weighted by Gasteiger charge is 2.46. The summed E-state index contributed by atoms with van der Waals surface area (Å²) in [5.41, 5.74) is 2.80. The van der Waals surface area contributed by atoms with Crippen molar-refractivity contribution in [2.75, 3.05) is 6.61 Å². The molecule has 1 aliphatic carbocycles. The second-order valence-corrected chi connectivity index (χ2v) is 9.65. The highest BCUT2D eigenvalue weighted by molar-refractivity contribution is 14.1. The molecule has 0 radical (unpaired) electrons. The van der Waals surface area contributed by atoms with Crippen LogP contribution >= 0.6 is 45.2 Å². The van der Waals surface area contributed by atoms with Gasteiger partial charge < -0.3 is 4.74 Å². The predicted molar refractivity (Wildman–Crippen MR) is 107 cm³/mol. The van der Waals surface area contributed by atoms with Crippen LogP contribution in [0, 0.1) is 7.14 Å². The van der Waals surface area contributed by atoms with Crippen LogP contribution in [-0.4, -0.2) is 30.8 Å². The summed E-state index contributed by atoms with van der Waals surface area (Å²) >= 11 is 4.14. The Bertz CT molecular complexity index is 956. The minimum absolute atomic E-state index is 0.606. The van der Waals surface area contributed by atoms with E-state index in [1.54, 1.807) is 12.1 Å². The van der Waals surface area contributed by atoms with E-state index in [0.717, 1.165) is 18.3 Å². The van der Waals surface area contributed by atoms with Gasteiger partial charge in [-0.3, -0.25) is 9.35 Å². The van der Waals surface area contributed by atoms with E-state index in [4.69, 9.17) is 4.55 Å². The Kier molecular flexibility index (Phi) is 5.31. The fourth-order valence-electron chi connectivity index (χ4n) is 2.77. The van der Waals surface area contributed by atoms with Crippen molar-refractivity contribution >= 4 is 61.3 Å². The first-order chi connectivity index (χ1) is 12.0. The molecule has 1 N–H and O–H groups in total. The summed E-state index contributed by atoms with van der Waals surface area (Å²) in [6.07, 6.45) is 0. The van der Waals surface area contributed by atoms with Crippen LogP contribution in [-0.2, 0) is 19.6 Å². The zero-order chi connectivity index (χ0) is 19.3. The number of benzene rings is 2. The maximum absolute atomic E-state index is 13.4. The quantitative estimate of drug-likeness (QED) is 0.323. The van der Waals surface area contributed by atoms with Gasteiger partial charge in [-0.25, -0.2) is 0 Å². The molecule has 3 rings (SSSR count). The maximum atomic E-state index is 13.4. The molecular formula is C16H10F2I2O5S. The summed E-state index contributed by atoms with van der Waals surface area (Å²) in [6.45, 7) is -1.75. The second-order valence-electron chi connectivity index (χ2n) is 5.62. The zero-order valence-electron chi connectivity index (χ0n) is 12.7. The van der Waals surface area contributed by atoms with E-state index in [9.17, 15) is 22.0 Å². The van der Waals surface area contributed by atoms with Gasteiger partial charge in [0, 0.05) is 7.14 Å². The van der Waals surface area contributed by atoms with Crippen molar-refractivity contribution < 1.29 is 31.3 Å². The molecule has 138 valence electrons. The van der Waals surface area contributed by atoms with Gasteiger partial charge in [0.25, 0.3) is 0 Å². The first-order valence-corrected chi connectivity index (χ1v) is 10.7. The topological polar surface area (TPSA) is 80.7 Å². The Hall–Kier alpha value is -0.860. The first-order valence-electron chi connectivity index (χ1n) is 7.12. The minimum Gasteiger partial charge on any atom is -0.457 e. The molecular weight excluding hydrogens is 596 g/mol. The number of ether oxygens (including phenoxy) is 1. The summed E-state index contributed by atoms with van der Waals surface area (Å²) < 4.78 is 63.0. The van der Waals surface area contributed by atoms with Gasteiger partial charge in [0.2, 0.25) is 0 Å². The van der Waals surface area contributed by atoms with E-state index < -0.39 is 33.9 Å². The number of hydrogen-bond acceptors (Lipinski definition) is 4. The largest absolute Gasteiger partial charge is 0.457 e. The van der Waals surface area contributed by atoms with Crippen LogP contribution in [0.25, 0.3) is 11.1 Å². The van der Waals surface area contributed by atoms with Crippen molar-refractivity contribution in [2.24, 2.45) is 0 Å². The van der Waals surface area contributed by atoms with Crippen LogP contribution < -0.4 is 0 Å². The lowest BCUT2D eigenvalue weighted by atomic mass is 9.97. The molecule has 0 bridgehead atoms. The van der Waals surface area contributed by atoms with Crippen molar-refractivity contribution in [2.45, 2.75) is 11.2 Å². The van der Waals surface area contributed by atoms with Gasteiger partial charge in [-0.05, 0) is 91.7 Å². The van der Waals surface area contributed by atoms with E-state index in [1.165, 1.54) is 0 Å². The molecule has 0 fully saturated rings. The molecule has 0 aromatic heterocycles. The lowest BCUT2D eigenvalue weighted by Crippen LogP contribution is -2.35. The van der Waals surface area contributed by atoms with Gasteiger partial charge in [0.1, 0.15) is 5.92 Å². The molecule has 0 unspecified atom stereocenters. The number of fused-ring (bicyclic) bond motifs is 3. The monoisotopic (exact) mass is 606 g/mol. The molecule has 26 heavy (non-hydrogen) atoms. The highest BCUT2D eigenvalue weighted by Crippen LogP contribution is 2.46. The lowest BCUT2D eigenvalue weighted by molar-refractivity contribution is -0.150. The van der Waals surface area contributed by atoms with E-state index in [0.29, 0.717) is 11.1 Å². The van der Waals surface area contributed by atoms with E-state index in [-0.39, 0.29) is 0 Å². The van der Waals surface area contributed by atoms with Crippen LogP contribution in [0.3, 0.4) is 0 Å². The average molecular weight is 606 g/mol. The fourth-order valence-corrected chi connectivity index (χ4v) is 4.01. The molecule has 1 aliphatic rings. The van der Waals surface area contributed by atoms with E-state index in [2.05, 4.69) is 49.9 Å². The van der Waals surface area contributed by atoms with Crippen LogP contribution in [0.2, 0.25) is 0 Å². The van der Waals surface area contributed by atoms with Crippen molar-refractivity contribution in [3.05, 3.63) is 54.7 Å². The molecule has 0 spiro atoms. The molecule has 0 aliphatic heterocycles. The van der Waals surface area contributed by atoms with Gasteiger partial charge in [-0.15, -0.1) is 0 Å². The molecule has 0 amide bonds. The number of carbonyl (C=O) groups excluding carboxylic acids is 1. The molecule has 0 saturated carbocycles. The summed E-state index contributed by atoms with van der Waals surface area (Å²) in [4.78, 5) is 12.5. The molecule has 5 nitrogen and oxygen atoms in total. The minimum atomic E-state index is -5.67. The van der Waals surface area contributed by atoms with Crippen LogP contribution in [0.5, 0.6) is 0 Å². The van der Waals surface area contributed by atoms with Crippen molar-refractivity contribution in [1.82, 2.24) is 0 Å². The number of rotatable bonds is 4. The zero-order valence-corrected chi connectivity index (χ0v) is 17.9. The Labute approximate surface area is 175 Å². The first kappa shape index (κ1) is 19.9. The number of esters is 1. The number of carbonyl (C=O) groups is 1. The van der Waals surface area contributed by atoms with E-state index in [1.807, 2.05) is 24.3 Å². The maximum Gasteiger partial charge on any atom is 0.402 e. The summed E-state index contributed by atoms with van der Waals surface area (Å²) in [5, 5.41) is -4.57. The second kappa shape index (κ2) is 6.95. The molecule has 0 atom stereocenters. The van der Waals surface area contributed by atoms with Crippen molar-refractivity contribution in [1.29, 1.82) is 0 Å². The highest BCUT2D eigenvalue weighted by atomic mass is 127. The Morgan fingerprint density at radius 2 is 1.54 bits per heavy atom. The summed E-state index contributed by atoms with van der Waals surface area (Å²) in [5.74, 6) is -1.95.